The van der Waals surface area contributed by atoms with Crippen LogP contribution in [-0.2, 0) is 16.4 Å². The van der Waals surface area contributed by atoms with Crippen LogP contribution < -0.4 is 10.5 Å². The molecule has 0 saturated carbocycles. The average molecular weight is 294 g/mol. The van der Waals surface area contributed by atoms with Gasteiger partial charge < -0.3 is 5.73 Å². The number of nitrogens with one attached hydrogen (secondary N) is 1. The Morgan fingerprint density at radius 2 is 1.95 bits per heavy atom. The summed E-state index contributed by atoms with van der Waals surface area (Å²) in [5.41, 5.74) is 6.54. The van der Waals surface area contributed by atoms with Crippen LogP contribution in [0.2, 0.25) is 0 Å². The number of rotatable bonds is 6. The van der Waals surface area contributed by atoms with E-state index in [4.69, 9.17) is 5.73 Å². The highest BCUT2D eigenvalue weighted by atomic mass is 32.2. The third-order valence-electron chi connectivity index (χ3n) is 3.61. The zero-order valence-corrected chi connectivity index (χ0v) is 12.4. The van der Waals surface area contributed by atoms with Crippen LogP contribution in [-0.4, -0.2) is 21.5 Å². The lowest BCUT2D eigenvalue weighted by molar-refractivity contribution is 0.468. The zero-order chi connectivity index (χ0) is 14.4. The zero-order valence-electron chi connectivity index (χ0n) is 11.6. The average Bonchev–Trinajstić information content (AvgIpc) is 2.47. The van der Waals surface area contributed by atoms with Gasteiger partial charge in [-0.15, -0.1) is 0 Å². The molecule has 1 aliphatic rings. The molecule has 20 heavy (non-hydrogen) atoms. The lowest BCUT2D eigenvalue weighted by atomic mass is 9.95. The first-order chi connectivity index (χ1) is 9.62. The SMILES string of the molecule is NCCc1ccc(S(=O)(=O)NCC2CC=CCC2)cc1. The molecule has 0 spiro atoms. The lowest BCUT2D eigenvalue weighted by Gasteiger charge is -2.18. The van der Waals surface area contributed by atoms with Crippen molar-refractivity contribution < 1.29 is 8.42 Å². The molecule has 1 atom stereocenters. The van der Waals surface area contributed by atoms with Crippen molar-refractivity contribution in [2.45, 2.75) is 30.6 Å². The molecule has 0 amide bonds. The minimum atomic E-state index is -3.40. The minimum Gasteiger partial charge on any atom is -0.330 e. The van der Waals surface area contributed by atoms with Gasteiger partial charge in [0.15, 0.2) is 0 Å². The highest BCUT2D eigenvalue weighted by Crippen LogP contribution is 2.18. The van der Waals surface area contributed by atoms with E-state index in [1.54, 1.807) is 12.1 Å². The van der Waals surface area contributed by atoms with Crippen LogP contribution in [0.5, 0.6) is 0 Å². The maximum absolute atomic E-state index is 12.2. The Morgan fingerprint density at radius 3 is 2.55 bits per heavy atom. The second-order valence-corrected chi connectivity index (χ2v) is 6.95. The summed E-state index contributed by atoms with van der Waals surface area (Å²) in [5, 5.41) is 0. The van der Waals surface area contributed by atoms with Crippen molar-refractivity contribution in [3.8, 4) is 0 Å². The quantitative estimate of drug-likeness (QED) is 0.786. The summed E-state index contributed by atoms with van der Waals surface area (Å²) in [7, 11) is -3.40. The molecule has 110 valence electrons. The first-order valence-corrected chi connectivity index (χ1v) is 8.54. The van der Waals surface area contributed by atoms with Gasteiger partial charge >= 0.3 is 0 Å². The van der Waals surface area contributed by atoms with Crippen LogP contribution in [0.25, 0.3) is 0 Å². The smallest absolute Gasteiger partial charge is 0.240 e. The van der Waals surface area contributed by atoms with Crippen LogP contribution in [0.1, 0.15) is 24.8 Å². The molecule has 2 rings (SSSR count). The molecule has 3 N–H and O–H groups in total. The van der Waals surface area contributed by atoms with E-state index in [9.17, 15) is 8.42 Å². The van der Waals surface area contributed by atoms with Crippen molar-refractivity contribution >= 4 is 10.0 Å². The van der Waals surface area contributed by atoms with E-state index in [0.717, 1.165) is 31.2 Å². The first-order valence-electron chi connectivity index (χ1n) is 7.05. The van der Waals surface area contributed by atoms with E-state index < -0.39 is 10.0 Å². The maximum atomic E-state index is 12.2. The molecule has 0 aliphatic heterocycles. The van der Waals surface area contributed by atoms with Crippen molar-refractivity contribution in [2.24, 2.45) is 11.7 Å². The molecule has 0 bridgehead atoms. The standard InChI is InChI=1S/C15H22N2O2S/c16-11-10-13-6-8-15(9-7-13)20(18,19)17-12-14-4-2-1-3-5-14/h1-2,6-9,14,17H,3-5,10-12,16H2. The molecule has 1 unspecified atom stereocenters. The third-order valence-corrected chi connectivity index (χ3v) is 5.05. The van der Waals surface area contributed by atoms with E-state index in [-0.39, 0.29) is 0 Å². The molecule has 1 aromatic carbocycles. The predicted molar refractivity (Wildman–Crippen MR) is 80.9 cm³/mol. The molecule has 5 heteroatoms. The largest absolute Gasteiger partial charge is 0.330 e. The minimum absolute atomic E-state index is 0.324. The van der Waals surface area contributed by atoms with Gasteiger partial charge in [0.25, 0.3) is 0 Å². The van der Waals surface area contributed by atoms with Crippen molar-refractivity contribution in [3.05, 3.63) is 42.0 Å². The molecule has 0 aromatic heterocycles. The van der Waals surface area contributed by atoms with Gasteiger partial charge in [-0.3, -0.25) is 0 Å². The Hall–Kier alpha value is -1.17. The molecular weight excluding hydrogens is 272 g/mol. The monoisotopic (exact) mass is 294 g/mol. The lowest BCUT2D eigenvalue weighted by Crippen LogP contribution is -2.29. The van der Waals surface area contributed by atoms with Gasteiger partial charge in [-0.25, -0.2) is 13.1 Å². The fourth-order valence-electron chi connectivity index (χ4n) is 2.35. The molecule has 0 radical (unpaired) electrons. The fourth-order valence-corrected chi connectivity index (χ4v) is 3.47. The molecule has 0 fully saturated rings. The van der Waals surface area contributed by atoms with Gasteiger partial charge in [-0.1, -0.05) is 24.3 Å². The normalized spacial score (nSPS) is 19.1. The van der Waals surface area contributed by atoms with Crippen LogP contribution in [0.4, 0.5) is 0 Å². The van der Waals surface area contributed by atoms with E-state index in [2.05, 4.69) is 16.9 Å². The highest BCUT2D eigenvalue weighted by molar-refractivity contribution is 7.89. The number of allylic oxidation sites excluding steroid dienone is 2. The molecule has 1 aromatic rings. The van der Waals surface area contributed by atoms with Crippen molar-refractivity contribution in [3.63, 3.8) is 0 Å². The van der Waals surface area contributed by atoms with Gasteiger partial charge in [-0.05, 0) is 55.8 Å². The summed E-state index contributed by atoms with van der Waals surface area (Å²) in [6.45, 7) is 1.08. The van der Waals surface area contributed by atoms with Gasteiger partial charge in [0.1, 0.15) is 0 Å². The van der Waals surface area contributed by atoms with Gasteiger partial charge in [0.2, 0.25) is 10.0 Å². The summed E-state index contributed by atoms with van der Waals surface area (Å²) >= 11 is 0. The number of hydrogen-bond acceptors (Lipinski definition) is 3. The number of hydrogen-bond donors (Lipinski definition) is 2. The molecule has 4 nitrogen and oxygen atoms in total. The predicted octanol–water partition coefficient (Wildman–Crippen LogP) is 1.82. The van der Waals surface area contributed by atoms with Crippen LogP contribution in [0.15, 0.2) is 41.3 Å². The summed E-state index contributed by atoms with van der Waals surface area (Å²) in [4.78, 5) is 0.324. The summed E-state index contributed by atoms with van der Waals surface area (Å²) in [6, 6.07) is 6.94. The van der Waals surface area contributed by atoms with Crippen LogP contribution in [0.3, 0.4) is 0 Å². The summed E-state index contributed by atoms with van der Waals surface area (Å²) < 4.78 is 27.1. The Kier molecular flexibility index (Phi) is 5.34. The maximum Gasteiger partial charge on any atom is 0.240 e. The number of sulfonamides is 1. The van der Waals surface area contributed by atoms with E-state index in [1.807, 2.05) is 12.1 Å². The Morgan fingerprint density at radius 1 is 1.20 bits per heavy atom. The van der Waals surface area contributed by atoms with E-state index in [0.29, 0.717) is 23.9 Å². The van der Waals surface area contributed by atoms with Crippen LogP contribution >= 0.6 is 0 Å². The van der Waals surface area contributed by atoms with Crippen LogP contribution in [0, 0.1) is 5.92 Å². The summed E-state index contributed by atoms with van der Waals surface area (Å²) in [5.74, 6) is 0.409. The topological polar surface area (TPSA) is 72.2 Å². The van der Waals surface area contributed by atoms with Gasteiger partial charge in [-0.2, -0.15) is 0 Å². The Balaban J connectivity index is 1.96. The van der Waals surface area contributed by atoms with Gasteiger partial charge in [0, 0.05) is 6.54 Å². The van der Waals surface area contributed by atoms with E-state index >= 15 is 0 Å². The Bertz CT molecular complexity index is 550. The second-order valence-electron chi connectivity index (χ2n) is 5.19. The fraction of sp³-hybridized carbons (Fsp3) is 0.467. The molecule has 0 saturated heterocycles. The number of nitrogens with two attached hydrogens (primary N) is 1. The highest BCUT2D eigenvalue weighted by Gasteiger charge is 2.17. The summed E-state index contributed by atoms with van der Waals surface area (Å²) in [6.07, 6.45) is 8.10. The van der Waals surface area contributed by atoms with E-state index in [1.165, 1.54) is 0 Å². The van der Waals surface area contributed by atoms with Gasteiger partial charge in [0.05, 0.1) is 4.90 Å². The number of benzene rings is 1. The molecule has 0 heterocycles. The third kappa shape index (κ3) is 4.16. The second kappa shape index (κ2) is 7.02. The van der Waals surface area contributed by atoms with Crippen molar-refractivity contribution in [1.82, 2.24) is 4.72 Å². The Labute approximate surface area is 121 Å². The molecule has 1 aliphatic carbocycles. The molecular formula is C15H22N2O2S. The van der Waals surface area contributed by atoms with Crippen molar-refractivity contribution in [2.75, 3.05) is 13.1 Å². The first kappa shape index (κ1) is 15.2. The van der Waals surface area contributed by atoms with Crippen molar-refractivity contribution in [1.29, 1.82) is 0 Å².